The standard InChI is InChI=1S/C15H17N3O/c1-12-4-3-5-14(10-12)17-15(19)11-18-8-6-13(16-2)7-9-18/h3-10H,11H2,1-2H3,(H,17,19)/p+1. The molecule has 1 aromatic heterocycles. The van der Waals surface area contributed by atoms with Gasteiger partial charge in [0.25, 0.3) is 5.91 Å². The lowest BCUT2D eigenvalue weighted by molar-refractivity contribution is -0.684. The molecule has 0 atom stereocenters. The highest BCUT2D eigenvalue weighted by molar-refractivity contribution is 5.89. The van der Waals surface area contributed by atoms with Gasteiger partial charge in [0, 0.05) is 30.6 Å². The van der Waals surface area contributed by atoms with Crippen LogP contribution in [0.5, 0.6) is 0 Å². The van der Waals surface area contributed by atoms with Crippen LogP contribution in [-0.4, -0.2) is 13.0 Å². The second-order valence-corrected chi connectivity index (χ2v) is 4.43. The second-order valence-electron chi connectivity index (χ2n) is 4.43. The summed E-state index contributed by atoms with van der Waals surface area (Å²) in [5.74, 6) is -0.0344. The third kappa shape index (κ3) is 3.81. The number of amides is 1. The fourth-order valence-electron chi connectivity index (χ4n) is 1.82. The summed E-state index contributed by atoms with van der Waals surface area (Å²) in [4.78, 5) is 11.9. The summed E-state index contributed by atoms with van der Waals surface area (Å²) >= 11 is 0. The lowest BCUT2D eigenvalue weighted by Crippen LogP contribution is -2.39. The summed E-state index contributed by atoms with van der Waals surface area (Å²) in [6, 6.07) is 11.6. The lowest BCUT2D eigenvalue weighted by atomic mass is 10.2. The van der Waals surface area contributed by atoms with Crippen molar-refractivity contribution < 1.29 is 9.36 Å². The molecule has 98 valence electrons. The van der Waals surface area contributed by atoms with Crippen LogP contribution in [0.25, 0.3) is 0 Å². The number of carbonyl (C=O) groups is 1. The zero-order chi connectivity index (χ0) is 13.7. The molecule has 0 bridgehead atoms. The summed E-state index contributed by atoms with van der Waals surface area (Å²) in [6.45, 7) is 2.30. The van der Waals surface area contributed by atoms with Gasteiger partial charge in [-0.2, -0.15) is 4.57 Å². The third-order valence-electron chi connectivity index (χ3n) is 2.81. The monoisotopic (exact) mass is 256 g/mol. The maximum absolute atomic E-state index is 11.9. The highest BCUT2D eigenvalue weighted by atomic mass is 16.1. The van der Waals surface area contributed by atoms with Crippen LogP contribution in [0.15, 0.2) is 48.8 Å². The molecular formula is C15H18N3O+. The zero-order valence-corrected chi connectivity index (χ0v) is 11.2. The summed E-state index contributed by atoms with van der Waals surface area (Å²) < 4.78 is 1.84. The van der Waals surface area contributed by atoms with Crippen LogP contribution in [0.2, 0.25) is 0 Å². The quantitative estimate of drug-likeness (QED) is 0.821. The van der Waals surface area contributed by atoms with E-state index in [0.717, 1.165) is 16.9 Å². The van der Waals surface area contributed by atoms with Gasteiger partial charge in [-0.3, -0.25) is 4.79 Å². The molecule has 1 aromatic carbocycles. The Bertz CT molecular complexity index is 564. The van der Waals surface area contributed by atoms with Gasteiger partial charge in [0.15, 0.2) is 12.4 Å². The van der Waals surface area contributed by atoms with Crippen molar-refractivity contribution in [1.82, 2.24) is 0 Å². The van der Waals surface area contributed by atoms with Crippen LogP contribution in [0.1, 0.15) is 5.56 Å². The van der Waals surface area contributed by atoms with Gasteiger partial charge in [0.1, 0.15) is 0 Å². The predicted octanol–water partition coefficient (Wildman–Crippen LogP) is 1.96. The molecule has 2 N–H and O–H groups in total. The first kappa shape index (κ1) is 13.1. The van der Waals surface area contributed by atoms with Crippen molar-refractivity contribution in [2.45, 2.75) is 13.5 Å². The number of aromatic nitrogens is 1. The van der Waals surface area contributed by atoms with Gasteiger partial charge < -0.3 is 10.6 Å². The molecule has 0 unspecified atom stereocenters. The van der Waals surface area contributed by atoms with Gasteiger partial charge in [0.2, 0.25) is 6.54 Å². The minimum absolute atomic E-state index is 0.0344. The Morgan fingerprint density at radius 1 is 1.16 bits per heavy atom. The van der Waals surface area contributed by atoms with Gasteiger partial charge in [-0.15, -0.1) is 0 Å². The van der Waals surface area contributed by atoms with E-state index in [1.165, 1.54) is 0 Å². The maximum atomic E-state index is 11.9. The Kier molecular flexibility index (Phi) is 4.13. The molecule has 0 saturated carbocycles. The minimum atomic E-state index is -0.0344. The molecule has 0 aliphatic rings. The first-order valence-electron chi connectivity index (χ1n) is 6.21. The molecular weight excluding hydrogens is 238 g/mol. The van der Waals surface area contributed by atoms with Crippen LogP contribution < -0.4 is 15.2 Å². The minimum Gasteiger partial charge on any atom is -0.388 e. The molecule has 1 heterocycles. The van der Waals surface area contributed by atoms with E-state index < -0.39 is 0 Å². The van der Waals surface area contributed by atoms with Crippen molar-refractivity contribution in [2.24, 2.45) is 0 Å². The molecule has 2 aromatic rings. The van der Waals surface area contributed by atoms with Crippen LogP contribution in [0.4, 0.5) is 11.4 Å². The molecule has 1 amide bonds. The molecule has 0 spiro atoms. The average Bonchev–Trinajstić information content (AvgIpc) is 2.39. The van der Waals surface area contributed by atoms with E-state index in [-0.39, 0.29) is 5.91 Å². The first-order chi connectivity index (χ1) is 9.17. The molecule has 0 fully saturated rings. The number of benzene rings is 1. The lowest BCUT2D eigenvalue weighted by Gasteiger charge is -2.04. The molecule has 0 radical (unpaired) electrons. The SMILES string of the molecule is CNc1cc[n+](CC(=O)Nc2cccc(C)c2)cc1. The van der Waals surface area contributed by atoms with Crippen molar-refractivity contribution in [1.29, 1.82) is 0 Å². The van der Waals surface area contributed by atoms with E-state index in [9.17, 15) is 4.79 Å². The summed E-state index contributed by atoms with van der Waals surface area (Å²) in [5.41, 5.74) is 2.98. The number of aryl methyl sites for hydroxylation is 1. The van der Waals surface area contributed by atoms with E-state index in [1.54, 1.807) is 0 Å². The van der Waals surface area contributed by atoms with Crippen molar-refractivity contribution >= 4 is 17.3 Å². The van der Waals surface area contributed by atoms with E-state index in [0.29, 0.717) is 6.54 Å². The van der Waals surface area contributed by atoms with E-state index in [4.69, 9.17) is 0 Å². The van der Waals surface area contributed by atoms with Crippen molar-refractivity contribution in [2.75, 3.05) is 17.7 Å². The molecule has 4 nitrogen and oxygen atoms in total. The van der Waals surface area contributed by atoms with Gasteiger partial charge in [-0.05, 0) is 24.6 Å². The van der Waals surface area contributed by atoms with Crippen LogP contribution in [-0.2, 0) is 11.3 Å². The van der Waals surface area contributed by atoms with Gasteiger partial charge in [-0.25, -0.2) is 0 Å². The number of hydrogen-bond donors (Lipinski definition) is 2. The first-order valence-corrected chi connectivity index (χ1v) is 6.21. The van der Waals surface area contributed by atoms with E-state index in [2.05, 4.69) is 10.6 Å². The topological polar surface area (TPSA) is 45.0 Å². The van der Waals surface area contributed by atoms with E-state index >= 15 is 0 Å². The summed E-state index contributed by atoms with van der Waals surface area (Å²) in [7, 11) is 1.87. The number of rotatable bonds is 4. The summed E-state index contributed by atoms with van der Waals surface area (Å²) in [6.07, 6.45) is 3.75. The predicted molar refractivity (Wildman–Crippen MR) is 76.0 cm³/mol. The molecule has 2 rings (SSSR count). The number of hydrogen-bond acceptors (Lipinski definition) is 2. The third-order valence-corrected chi connectivity index (χ3v) is 2.81. The largest absolute Gasteiger partial charge is 0.388 e. The highest BCUT2D eigenvalue weighted by Gasteiger charge is 2.09. The Morgan fingerprint density at radius 2 is 1.89 bits per heavy atom. The Labute approximate surface area is 113 Å². The Hall–Kier alpha value is -2.36. The number of carbonyl (C=O) groups excluding carboxylic acids is 1. The van der Waals surface area contributed by atoms with Crippen LogP contribution in [0, 0.1) is 6.92 Å². The van der Waals surface area contributed by atoms with Gasteiger partial charge in [-0.1, -0.05) is 12.1 Å². The smallest absolute Gasteiger partial charge is 0.290 e. The zero-order valence-electron chi connectivity index (χ0n) is 11.2. The van der Waals surface area contributed by atoms with Crippen molar-refractivity contribution in [3.63, 3.8) is 0 Å². The molecule has 4 heteroatoms. The van der Waals surface area contributed by atoms with Gasteiger partial charge in [0.05, 0.1) is 0 Å². The molecule has 0 saturated heterocycles. The van der Waals surface area contributed by atoms with Crippen LogP contribution >= 0.6 is 0 Å². The second kappa shape index (κ2) is 6.00. The number of nitrogens with one attached hydrogen (secondary N) is 2. The van der Waals surface area contributed by atoms with Gasteiger partial charge >= 0.3 is 0 Å². The fourth-order valence-corrected chi connectivity index (χ4v) is 1.82. The molecule has 19 heavy (non-hydrogen) atoms. The van der Waals surface area contributed by atoms with Crippen molar-refractivity contribution in [3.05, 3.63) is 54.4 Å². The Balaban J connectivity index is 1.97. The maximum Gasteiger partial charge on any atom is 0.290 e. The normalized spacial score (nSPS) is 10.0. The highest BCUT2D eigenvalue weighted by Crippen LogP contribution is 2.09. The van der Waals surface area contributed by atoms with Crippen LogP contribution in [0.3, 0.4) is 0 Å². The number of nitrogens with zero attached hydrogens (tertiary/aromatic N) is 1. The molecule has 0 aliphatic carbocycles. The number of pyridine rings is 1. The fraction of sp³-hybridized carbons (Fsp3) is 0.200. The van der Waals surface area contributed by atoms with Crippen molar-refractivity contribution in [3.8, 4) is 0 Å². The Morgan fingerprint density at radius 3 is 2.53 bits per heavy atom. The summed E-state index contributed by atoms with van der Waals surface area (Å²) in [5, 5.41) is 5.92. The average molecular weight is 256 g/mol. The molecule has 0 aliphatic heterocycles. The van der Waals surface area contributed by atoms with E-state index in [1.807, 2.05) is 67.3 Å². The number of anilines is 2.